The van der Waals surface area contributed by atoms with Gasteiger partial charge in [-0.2, -0.15) is 0 Å². The van der Waals surface area contributed by atoms with Crippen LogP contribution in [0.4, 0.5) is 4.39 Å². The summed E-state index contributed by atoms with van der Waals surface area (Å²) >= 11 is 0. The molecule has 0 amide bonds. The van der Waals surface area contributed by atoms with Crippen LogP contribution in [0.5, 0.6) is 5.75 Å². The van der Waals surface area contributed by atoms with Crippen LogP contribution in [0.15, 0.2) is 24.3 Å². The number of benzene rings is 1. The average Bonchev–Trinajstić information content (AvgIpc) is 2.09. The Bertz CT molecular complexity index is 233. The van der Waals surface area contributed by atoms with E-state index in [9.17, 15) is 4.39 Å². The Morgan fingerprint density at radius 1 is 1.42 bits per heavy atom. The summed E-state index contributed by atoms with van der Waals surface area (Å²) < 4.78 is 17.6. The van der Waals surface area contributed by atoms with E-state index in [1.54, 1.807) is 6.92 Å². The molecule has 0 aliphatic heterocycles. The van der Waals surface area contributed by atoms with Crippen molar-refractivity contribution < 1.29 is 14.2 Å². The van der Waals surface area contributed by atoms with E-state index in [0.29, 0.717) is 5.75 Å². The molecular formula is C9H11FO2. The number of ether oxygens (including phenoxy) is 1. The van der Waals surface area contributed by atoms with Gasteiger partial charge in [-0.3, -0.25) is 0 Å². The smallest absolute Gasteiger partial charge is 0.123 e. The molecule has 0 radical (unpaired) electrons. The molecule has 0 heterocycles. The van der Waals surface area contributed by atoms with Gasteiger partial charge in [0, 0.05) is 0 Å². The van der Waals surface area contributed by atoms with Gasteiger partial charge < -0.3 is 9.84 Å². The third-order valence-electron chi connectivity index (χ3n) is 1.41. The number of aliphatic hydroxyl groups excluding tert-OH is 1. The lowest BCUT2D eigenvalue weighted by Gasteiger charge is -2.10. The zero-order valence-corrected chi connectivity index (χ0v) is 6.83. The third kappa shape index (κ3) is 2.51. The number of hydrogen-bond acceptors (Lipinski definition) is 2. The third-order valence-corrected chi connectivity index (χ3v) is 1.41. The highest BCUT2D eigenvalue weighted by Gasteiger charge is 2.00. The van der Waals surface area contributed by atoms with Crippen LogP contribution in [0.1, 0.15) is 6.92 Å². The Balaban J connectivity index is 2.58. The van der Waals surface area contributed by atoms with Gasteiger partial charge in [-0.15, -0.1) is 0 Å². The molecule has 66 valence electrons. The lowest BCUT2D eigenvalue weighted by molar-refractivity contribution is 0.129. The molecule has 1 aromatic carbocycles. The first kappa shape index (κ1) is 9.00. The summed E-state index contributed by atoms with van der Waals surface area (Å²) in [6.07, 6.45) is -0.254. The molecule has 0 spiro atoms. The van der Waals surface area contributed by atoms with E-state index in [-0.39, 0.29) is 18.5 Å². The van der Waals surface area contributed by atoms with Gasteiger partial charge in [-0.1, -0.05) is 0 Å². The van der Waals surface area contributed by atoms with Crippen molar-refractivity contribution in [3.63, 3.8) is 0 Å². The first-order valence-electron chi connectivity index (χ1n) is 3.75. The van der Waals surface area contributed by atoms with Crippen LogP contribution in [0.3, 0.4) is 0 Å². The quantitative estimate of drug-likeness (QED) is 0.746. The highest BCUT2D eigenvalue weighted by atomic mass is 19.1. The number of halogens is 1. The Hall–Kier alpha value is -1.09. The molecule has 3 heteroatoms. The van der Waals surface area contributed by atoms with Gasteiger partial charge in [0.25, 0.3) is 0 Å². The maximum Gasteiger partial charge on any atom is 0.123 e. The molecule has 0 saturated carbocycles. The second-order valence-corrected chi connectivity index (χ2v) is 2.56. The van der Waals surface area contributed by atoms with Gasteiger partial charge in [-0.25, -0.2) is 4.39 Å². The molecule has 1 atom stereocenters. The maximum atomic E-state index is 12.4. The van der Waals surface area contributed by atoms with Crippen LogP contribution >= 0.6 is 0 Å². The Kier molecular flexibility index (Phi) is 3.05. The SMILES string of the molecule is C[C@H](CO)Oc1ccc(F)cc1. The van der Waals surface area contributed by atoms with Crippen molar-refractivity contribution in [3.05, 3.63) is 30.1 Å². The Morgan fingerprint density at radius 2 is 2.00 bits per heavy atom. The van der Waals surface area contributed by atoms with Gasteiger partial charge in [-0.05, 0) is 31.2 Å². The maximum absolute atomic E-state index is 12.4. The second-order valence-electron chi connectivity index (χ2n) is 2.56. The number of hydrogen-bond donors (Lipinski definition) is 1. The van der Waals surface area contributed by atoms with Crippen molar-refractivity contribution in [2.45, 2.75) is 13.0 Å². The van der Waals surface area contributed by atoms with Crippen LogP contribution in [0.2, 0.25) is 0 Å². The van der Waals surface area contributed by atoms with Crippen molar-refractivity contribution in [1.82, 2.24) is 0 Å². The van der Waals surface area contributed by atoms with E-state index in [1.165, 1.54) is 24.3 Å². The van der Waals surface area contributed by atoms with Gasteiger partial charge in [0.05, 0.1) is 6.61 Å². The fourth-order valence-corrected chi connectivity index (χ4v) is 0.783. The molecule has 0 aliphatic rings. The first-order valence-corrected chi connectivity index (χ1v) is 3.75. The minimum Gasteiger partial charge on any atom is -0.488 e. The lowest BCUT2D eigenvalue weighted by atomic mass is 10.3. The Labute approximate surface area is 70.6 Å². The summed E-state index contributed by atoms with van der Waals surface area (Å²) in [5.41, 5.74) is 0. The summed E-state index contributed by atoms with van der Waals surface area (Å²) in [7, 11) is 0. The summed E-state index contributed by atoms with van der Waals surface area (Å²) in [4.78, 5) is 0. The minimum absolute atomic E-state index is 0.0443. The van der Waals surface area contributed by atoms with E-state index in [0.717, 1.165) is 0 Å². The predicted octanol–water partition coefficient (Wildman–Crippen LogP) is 1.59. The molecule has 0 fully saturated rings. The lowest BCUT2D eigenvalue weighted by Crippen LogP contribution is -2.15. The van der Waals surface area contributed by atoms with Crippen LogP contribution in [0, 0.1) is 5.82 Å². The van der Waals surface area contributed by atoms with E-state index < -0.39 is 0 Å². The van der Waals surface area contributed by atoms with Gasteiger partial charge >= 0.3 is 0 Å². The van der Waals surface area contributed by atoms with Crippen LogP contribution in [0.25, 0.3) is 0 Å². The molecule has 12 heavy (non-hydrogen) atoms. The highest BCUT2D eigenvalue weighted by molar-refractivity contribution is 5.22. The van der Waals surface area contributed by atoms with E-state index in [1.807, 2.05) is 0 Å². The van der Waals surface area contributed by atoms with Crippen molar-refractivity contribution in [1.29, 1.82) is 0 Å². The average molecular weight is 170 g/mol. The van der Waals surface area contributed by atoms with Crippen molar-refractivity contribution in [2.24, 2.45) is 0 Å². The summed E-state index contributed by atoms with van der Waals surface area (Å²) in [5.74, 6) is 0.275. The molecule has 1 N–H and O–H groups in total. The largest absolute Gasteiger partial charge is 0.488 e. The predicted molar refractivity (Wildman–Crippen MR) is 43.6 cm³/mol. The molecule has 0 aliphatic carbocycles. The molecule has 1 aromatic rings. The first-order chi connectivity index (χ1) is 5.72. The monoisotopic (exact) mass is 170 g/mol. The normalized spacial score (nSPS) is 12.6. The Morgan fingerprint density at radius 3 is 2.50 bits per heavy atom. The highest BCUT2D eigenvalue weighted by Crippen LogP contribution is 2.12. The standard InChI is InChI=1S/C9H11FO2/c1-7(6-11)12-9-4-2-8(10)3-5-9/h2-5,7,11H,6H2,1H3/t7-/m1/s1. The minimum atomic E-state index is -0.293. The molecule has 0 aromatic heterocycles. The van der Waals surface area contributed by atoms with Gasteiger partial charge in [0.15, 0.2) is 0 Å². The molecule has 1 rings (SSSR count). The molecule has 0 unspecified atom stereocenters. The van der Waals surface area contributed by atoms with E-state index in [2.05, 4.69) is 0 Å². The zero-order chi connectivity index (χ0) is 8.97. The van der Waals surface area contributed by atoms with Gasteiger partial charge in [0.2, 0.25) is 0 Å². The van der Waals surface area contributed by atoms with Crippen molar-refractivity contribution in [2.75, 3.05) is 6.61 Å². The molecule has 2 nitrogen and oxygen atoms in total. The summed E-state index contributed by atoms with van der Waals surface area (Å²) in [5, 5.41) is 8.65. The number of rotatable bonds is 3. The van der Waals surface area contributed by atoms with Crippen molar-refractivity contribution in [3.8, 4) is 5.75 Å². The van der Waals surface area contributed by atoms with Crippen LogP contribution in [-0.2, 0) is 0 Å². The summed E-state index contributed by atoms with van der Waals surface area (Å²) in [6, 6.07) is 5.70. The zero-order valence-electron chi connectivity index (χ0n) is 6.83. The van der Waals surface area contributed by atoms with Crippen molar-refractivity contribution >= 4 is 0 Å². The van der Waals surface area contributed by atoms with Crippen LogP contribution in [-0.4, -0.2) is 17.8 Å². The number of aliphatic hydroxyl groups is 1. The fourth-order valence-electron chi connectivity index (χ4n) is 0.783. The molecule has 0 bridgehead atoms. The molecular weight excluding hydrogens is 159 g/mol. The van der Waals surface area contributed by atoms with Gasteiger partial charge in [0.1, 0.15) is 17.7 Å². The fraction of sp³-hybridized carbons (Fsp3) is 0.333. The summed E-state index contributed by atoms with van der Waals surface area (Å²) in [6.45, 7) is 1.70. The molecule has 0 saturated heterocycles. The topological polar surface area (TPSA) is 29.5 Å². The van der Waals surface area contributed by atoms with Crippen LogP contribution < -0.4 is 4.74 Å². The second kappa shape index (κ2) is 4.07. The van der Waals surface area contributed by atoms with E-state index in [4.69, 9.17) is 9.84 Å². The van der Waals surface area contributed by atoms with E-state index >= 15 is 0 Å².